The molecule has 232 valence electrons. The van der Waals surface area contributed by atoms with Crippen molar-refractivity contribution in [3.05, 3.63) is 189 Å². The van der Waals surface area contributed by atoms with Crippen LogP contribution in [0.3, 0.4) is 0 Å². The quantitative estimate of drug-likeness (QED) is 0.171. The zero-order chi connectivity index (χ0) is 32.6. The smallest absolute Gasteiger partial charge is 0.123 e. The van der Waals surface area contributed by atoms with E-state index in [2.05, 4.69) is 85.0 Å². The van der Waals surface area contributed by atoms with Crippen LogP contribution in [0.1, 0.15) is 23.1 Å². The maximum absolute atomic E-state index is 14.2. The maximum atomic E-state index is 14.2. The van der Waals surface area contributed by atoms with Crippen molar-refractivity contribution in [1.82, 2.24) is 0 Å². The fourth-order valence-corrected chi connectivity index (χ4v) is 7.91. The van der Waals surface area contributed by atoms with Crippen LogP contribution in [-0.2, 0) is 6.42 Å². The van der Waals surface area contributed by atoms with E-state index in [-0.39, 0.29) is 11.6 Å². The number of thioether (sulfide) groups is 1. The molecule has 0 atom stereocenters. The van der Waals surface area contributed by atoms with E-state index in [1.165, 1.54) is 52.1 Å². The van der Waals surface area contributed by atoms with Crippen LogP contribution in [0.5, 0.6) is 0 Å². The number of benzene rings is 6. The van der Waals surface area contributed by atoms with E-state index in [0.717, 1.165) is 60.2 Å². The van der Waals surface area contributed by atoms with Crippen molar-refractivity contribution in [2.45, 2.75) is 17.7 Å². The van der Waals surface area contributed by atoms with Gasteiger partial charge in [-0.2, -0.15) is 0 Å². The van der Waals surface area contributed by atoms with E-state index in [1.807, 2.05) is 42.5 Å². The van der Waals surface area contributed by atoms with E-state index < -0.39 is 0 Å². The van der Waals surface area contributed by atoms with Crippen LogP contribution in [-0.4, -0.2) is 0 Å². The molecule has 0 N–H and O–H groups in total. The van der Waals surface area contributed by atoms with Crippen LogP contribution >= 0.6 is 23.4 Å². The normalized spacial score (nSPS) is 14.4. The Hall–Kier alpha value is -4.96. The van der Waals surface area contributed by atoms with Gasteiger partial charge in [-0.1, -0.05) is 127 Å². The van der Waals surface area contributed by atoms with Crippen LogP contribution in [0.15, 0.2) is 166 Å². The van der Waals surface area contributed by atoms with Gasteiger partial charge in [0.1, 0.15) is 11.6 Å². The monoisotopic (exact) mass is 662 g/mol. The molecule has 8 rings (SSSR count). The van der Waals surface area contributed by atoms with Crippen LogP contribution in [0.4, 0.5) is 8.78 Å². The second-order valence-electron chi connectivity index (χ2n) is 12.1. The highest BCUT2D eigenvalue weighted by Gasteiger charge is 2.27. The van der Waals surface area contributed by atoms with Gasteiger partial charge in [0.2, 0.25) is 0 Å². The molecule has 2 aliphatic rings. The molecule has 48 heavy (non-hydrogen) atoms. The first kappa shape index (κ1) is 30.4. The molecule has 2 aliphatic carbocycles. The van der Waals surface area contributed by atoms with Gasteiger partial charge in [0.25, 0.3) is 0 Å². The zero-order valence-corrected chi connectivity index (χ0v) is 27.5. The minimum Gasteiger partial charge on any atom is -0.207 e. The zero-order valence-electron chi connectivity index (χ0n) is 25.9. The average Bonchev–Trinajstić information content (AvgIpc) is 3.49. The van der Waals surface area contributed by atoms with Gasteiger partial charge in [0.05, 0.1) is 0 Å². The summed E-state index contributed by atoms with van der Waals surface area (Å²) in [5.74, 6) is -0.566. The van der Waals surface area contributed by atoms with Gasteiger partial charge in [0.15, 0.2) is 0 Å². The molecule has 6 aromatic rings. The van der Waals surface area contributed by atoms with Crippen molar-refractivity contribution in [3.8, 4) is 44.5 Å². The third-order valence-electron chi connectivity index (χ3n) is 9.00. The van der Waals surface area contributed by atoms with E-state index in [1.54, 1.807) is 11.8 Å². The molecule has 0 aromatic heterocycles. The summed E-state index contributed by atoms with van der Waals surface area (Å²) >= 11 is 8.47. The Morgan fingerprint density at radius 1 is 0.562 bits per heavy atom. The lowest BCUT2D eigenvalue weighted by atomic mass is 9.82. The van der Waals surface area contributed by atoms with Crippen molar-refractivity contribution in [2.24, 2.45) is 0 Å². The van der Waals surface area contributed by atoms with E-state index in [0.29, 0.717) is 6.42 Å². The Labute approximate surface area is 288 Å². The van der Waals surface area contributed by atoms with E-state index in [9.17, 15) is 8.78 Å². The van der Waals surface area contributed by atoms with Gasteiger partial charge >= 0.3 is 0 Å². The molecule has 0 saturated carbocycles. The standard InChI is InChI=1S/C44H29ClF2S/c45-41-25-29(24-28-6-2-1-3-7-28)10-23-42(41)48-36-21-15-30(16-22-36)38-27-39-37-9-5-4-8-33(37)26-40(39)44(32-13-19-35(47)20-14-32)43(38)31-11-17-34(46)18-12-31/h1-24,27H,25-26H2. The van der Waals surface area contributed by atoms with E-state index >= 15 is 0 Å². The Morgan fingerprint density at radius 3 is 1.88 bits per heavy atom. The topological polar surface area (TPSA) is 0 Å². The van der Waals surface area contributed by atoms with Crippen molar-refractivity contribution in [3.63, 3.8) is 0 Å². The number of hydrogen-bond acceptors (Lipinski definition) is 1. The summed E-state index contributed by atoms with van der Waals surface area (Å²) in [6.45, 7) is 0. The summed E-state index contributed by atoms with van der Waals surface area (Å²) in [4.78, 5) is 2.12. The molecular weight excluding hydrogens is 634 g/mol. The van der Waals surface area contributed by atoms with Crippen LogP contribution in [0, 0.1) is 11.6 Å². The molecule has 0 unspecified atom stereocenters. The fourth-order valence-electron chi connectivity index (χ4n) is 6.73. The van der Waals surface area contributed by atoms with Gasteiger partial charge in [0, 0.05) is 21.3 Å². The van der Waals surface area contributed by atoms with Gasteiger partial charge in [-0.3, -0.25) is 0 Å². The molecule has 4 heteroatoms. The Kier molecular flexibility index (Phi) is 8.17. The third kappa shape index (κ3) is 5.96. The predicted molar refractivity (Wildman–Crippen MR) is 198 cm³/mol. The minimum absolute atomic E-state index is 0.280. The Bertz CT molecular complexity index is 2250. The highest BCUT2D eigenvalue weighted by molar-refractivity contribution is 8.03. The van der Waals surface area contributed by atoms with Gasteiger partial charge in [-0.15, -0.1) is 0 Å². The molecule has 0 aliphatic heterocycles. The summed E-state index contributed by atoms with van der Waals surface area (Å²) in [5, 5.41) is 0.827. The maximum Gasteiger partial charge on any atom is 0.123 e. The molecule has 0 bridgehead atoms. The number of fused-ring (bicyclic) bond motifs is 3. The summed E-state index contributed by atoms with van der Waals surface area (Å²) in [6, 6.07) is 43.0. The van der Waals surface area contributed by atoms with Crippen molar-refractivity contribution < 1.29 is 8.78 Å². The van der Waals surface area contributed by atoms with Gasteiger partial charge < -0.3 is 0 Å². The number of rotatable bonds is 6. The van der Waals surface area contributed by atoms with Crippen molar-refractivity contribution in [1.29, 1.82) is 0 Å². The summed E-state index contributed by atoms with van der Waals surface area (Å²) < 4.78 is 28.4. The van der Waals surface area contributed by atoms with Crippen LogP contribution in [0.25, 0.3) is 50.6 Å². The highest BCUT2D eigenvalue weighted by Crippen LogP contribution is 2.50. The van der Waals surface area contributed by atoms with Crippen molar-refractivity contribution >= 4 is 29.4 Å². The largest absolute Gasteiger partial charge is 0.207 e. The fraction of sp³-hybridized carbons (Fsp3) is 0.0455. The molecule has 0 heterocycles. The summed E-state index contributed by atoms with van der Waals surface area (Å²) in [6.07, 6.45) is 7.87. The second kappa shape index (κ2) is 12.9. The third-order valence-corrected chi connectivity index (χ3v) is 10.6. The predicted octanol–water partition coefficient (Wildman–Crippen LogP) is 13.1. The first-order valence-corrected chi connectivity index (χ1v) is 17.1. The number of hydrogen-bond donors (Lipinski definition) is 0. The molecule has 0 spiro atoms. The molecule has 0 saturated heterocycles. The lowest BCUT2D eigenvalue weighted by molar-refractivity contribution is 0.627. The molecule has 0 nitrogen and oxygen atoms in total. The van der Waals surface area contributed by atoms with Crippen molar-refractivity contribution in [2.75, 3.05) is 0 Å². The van der Waals surface area contributed by atoms with Crippen LogP contribution in [0.2, 0.25) is 0 Å². The van der Waals surface area contributed by atoms with E-state index in [4.69, 9.17) is 11.6 Å². The number of allylic oxidation sites excluding steroid dienone is 4. The summed E-state index contributed by atoms with van der Waals surface area (Å²) in [7, 11) is 0. The first-order valence-electron chi connectivity index (χ1n) is 15.9. The summed E-state index contributed by atoms with van der Waals surface area (Å²) in [5.41, 5.74) is 13.2. The molecule has 6 aromatic carbocycles. The van der Waals surface area contributed by atoms with Gasteiger partial charge in [-0.05, 0) is 122 Å². The first-order chi connectivity index (χ1) is 23.5. The molecule has 0 radical (unpaired) electrons. The Morgan fingerprint density at radius 2 is 1.19 bits per heavy atom. The lowest BCUT2D eigenvalue weighted by Crippen LogP contribution is -1.97. The van der Waals surface area contributed by atoms with Gasteiger partial charge in [-0.25, -0.2) is 8.78 Å². The van der Waals surface area contributed by atoms with Crippen LogP contribution < -0.4 is 0 Å². The SMILES string of the molecule is Fc1ccc(-c2c(-c3ccc(SC4=C(Cl)CC(=Cc5ccccc5)C=C4)cc3)cc3c(c2-c2ccc(F)cc2)Cc2ccccc2-3)cc1. The molecular formula is C44H29ClF2S. The highest BCUT2D eigenvalue weighted by atomic mass is 35.5. The average molecular weight is 663 g/mol. The molecule has 0 fully saturated rings. The second-order valence-corrected chi connectivity index (χ2v) is 13.7. The lowest BCUT2D eigenvalue weighted by Gasteiger charge is -2.21. The molecule has 0 amide bonds. The Balaban J connectivity index is 1.21. The minimum atomic E-state index is -0.286. The number of halogens is 3.